The van der Waals surface area contributed by atoms with E-state index >= 15 is 0 Å². The van der Waals surface area contributed by atoms with Gasteiger partial charge in [-0.3, -0.25) is 4.79 Å². The van der Waals surface area contributed by atoms with Gasteiger partial charge in [0.2, 0.25) is 0 Å². The molecule has 178 valence electrons. The van der Waals surface area contributed by atoms with Crippen LogP contribution in [0.1, 0.15) is 0 Å². The van der Waals surface area contributed by atoms with Crippen molar-refractivity contribution < 1.29 is 61.9 Å². The van der Waals surface area contributed by atoms with E-state index in [0.29, 0.717) is 5.69 Å². The van der Waals surface area contributed by atoms with Crippen LogP contribution < -0.4 is 10.2 Å². The Kier molecular flexibility index (Phi) is 6.54. The molecule has 0 saturated carbocycles. The number of amides is 1. The first-order valence-electron chi connectivity index (χ1n) is 7.60. The van der Waals surface area contributed by atoms with E-state index in [1.54, 1.807) is 0 Å². The van der Waals surface area contributed by atoms with Crippen LogP contribution in [0.3, 0.4) is 0 Å². The summed E-state index contributed by atoms with van der Waals surface area (Å²) in [6.45, 7) is 0. The van der Waals surface area contributed by atoms with Crippen molar-refractivity contribution in [1.29, 1.82) is 0 Å². The molecule has 0 aliphatic heterocycles. The molecule has 1 aromatic rings. The molecule has 0 aromatic heterocycles. The molecule has 0 radical (unpaired) electrons. The van der Waals surface area contributed by atoms with Gasteiger partial charge in [-0.2, -0.15) is 57.1 Å². The number of carbonyl (C=O) groups is 1. The van der Waals surface area contributed by atoms with E-state index in [2.05, 4.69) is 0 Å². The molecule has 0 aliphatic carbocycles. The minimum absolute atomic E-state index is 0.371. The standard InChI is InChI=1S/C15H11F13N2O/c1-30(2)8-5-3-7(4-6-8)29-9(31)10(16,17)11(18,19)12(20,21)13(22,23)14(24,25)15(26,27)28/h3-6H,1-2H3,(H,29,31). The second-order valence-corrected chi connectivity index (χ2v) is 6.27. The summed E-state index contributed by atoms with van der Waals surface area (Å²) in [5.41, 5.74) is -0.364. The highest BCUT2D eigenvalue weighted by Crippen LogP contribution is 2.60. The Morgan fingerprint density at radius 2 is 1.06 bits per heavy atom. The minimum atomic E-state index is -8.06. The second kappa shape index (κ2) is 7.62. The lowest BCUT2D eigenvalue weighted by molar-refractivity contribution is -0.435. The van der Waals surface area contributed by atoms with Crippen LogP contribution >= 0.6 is 0 Å². The quantitative estimate of drug-likeness (QED) is 0.526. The number of benzene rings is 1. The van der Waals surface area contributed by atoms with E-state index in [1.807, 2.05) is 0 Å². The maximum Gasteiger partial charge on any atom is 0.460 e. The van der Waals surface area contributed by atoms with Crippen LogP contribution in [0.4, 0.5) is 68.5 Å². The average Bonchev–Trinajstić information content (AvgIpc) is 2.60. The zero-order valence-electron chi connectivity index (χ0n) is 15.1. The fourth-order valence-corrected chi connectivity index (χ4v) is 1.96. The van der Waals surface area contributed by atoms with Crippen molar-refractivity contribution in [2.45, 2.75) is 35.8 Å². The summed E-state index contributed by atoms with van der Waals surface area (Å²) >= 11 is 0. The topological polar surface area (TPSA) is 32.3 Å². The van der Waals surface area contributed by atoms with Gasteiger partial charge < -0.3 is 10.2 Å². The van der Waals surface area contributed by atoms with Gasteiger partial charge in [0.05, 0.1) is 0 Å². The first kappa shape index (κ1) is 26.6. The van der Waals surface area contributed by atoms with Crippen molar-refractivity contribution in [1.82, 2.24) is 0 Å². The Hall–Kier alpha value is -2.42. The van der Waals surface area contributed by atoms with Gasteiger partial charge in [-0.25, -0.2) is 0 Å². The molecule has 1 aromatic carbocycles. The largest absolute Gasteiger partial charge is 0.460 e. The fourth-order valence-electron chi connectivity index (χ4n) is 1.96. The lowest BCUT2D eigenvalue weighted by Crippen LogP contribution is -2.71. The van der Waals surface area contributed by atoms with Crippen LogP contribution in [-0.4, -0.2) is 55.8 Å². The number of nitrogens with zero attached hydrogens (tertiary/aromatic N) is 1. The lowest BCUT2D eigenvalue weighted by atomic mass is 9.93. The van der Waals surface area contributed by atoms with Crippen molar-refractivity contribution in [3.8, 4) is 0 Å². The summed E-state index contributed by atoms with van der Waals surface area (Å²) < 4.78 is 169. The summed E-state index contributed by atoms with van der Waals surface area (Å²) in [6, 6.07) is 3.81. The highest BCUT2D eigenvalue weighted by Gasteiger charge is 2.91. The third-order valence-electron chi connectivity index (χ3n) is 3.86. The molecule has 1 rings (SSSR count). The van der Waals surface area contributed by atoms with Crippen LogP contribution in [-0.2, 0) is 4.79 Å². The van der Waals surface area contributed by atoms with Crippen molar-refractivity contribution in [2.24, 2.45) is 0 Å². The van der Waals surface area contributed by atoms with Crippen LogP contribution in [0.2, 0.25) is 0 Å². The van der Waals surface area contributed by atoms with Gasteiger partial charge in [0.1, 0.15) is 0 Å². The maximum absolute atomic E-state index is 13.7. The SMILES string of the molecule is CN(C)c1ccc(NC(=O)C(F)(F)C(F)(F)C(F)(F)C(F)(F)C(F)(F)C(F)(F)F)cc1. The van der Waals surface area contributed by atoms with E-state index in [1.165, 1.54) is 19.0 Å². The van der Waals surface area contributed by atoms with Gasteiger partial charge in [-0.1, -0.05) is 0 Å². The van der Waals surface area contributed by atoms with Gasteiger partial charge in [0.15, 0.2) is 0 Å². The van der Waals surface area contributed by atoms with E-state index in [-0.39, 0.29) is 0 Å². The molecule has 0 saturated heterocycles. The molecule has 3 nitrogen and oxygen atoms in total. The lowest BCUT2D eigenvalue weighted by Gasteiger charge is -2.39. The molecule has 0 atom stereocenters. The number of halogens is 13. The van der Waals surface area contributed by atoms with E-state index in [9.17, 15) is 61.9 Å². The highest BCUT2D eigenvalue weighted by molar-refractivity contribution is 5.97. The molecular weight excluding hydrogens is 471 g/mol. The fraction of sp³-hybridized carbons (Fsp3) is 0.533. The van der Waals surface area contributed by atoms with Crippen molar-refractivity contribution in [3.63, 3.8) is 0 Å². The van der Waals surface area contributed by atoms with E-state index < -0.39 is 47.4 Å². The zero-order chi connectivity index (χ0) is 24.8. The molecule has 1 amide bonds. The number of carbonyl (C=O) groups excluding carboxylic acids is 1. The van der Waals surface area contributed by atoms with Crippen molar-refractivity contribution in [3.05, 3.63) is 24.3 Å². The molecule has 0 spiro atoms. The Morgan fingerprint density at radius 3 is 1.42 bits per heavy atom. The monoisotopic (exact) mass is 482 g/mol. The van der Waals surface area contributed by atoms with Crippen molar-refractivity contribution >= 4 is 17.3 Å². The summed E-state index contributed by atoms with van der Waals surface area (Å²) in [4.78, 5) is 12.8. The Morgan fingerprint density at radius 1 is 0.677 bits per heavy atom. The number of hydrogen-bond donors (Lipinski definition) is 1. The number of anilines is 2. The van der Waals surface area contributed by atoms with Gasteiger partial charge in [-0.15, -0.1) is 0 Å². The number of hydrogen-bond acceptors (Lipinski definition) is 2. The number of nitrogens with one attached hydrogen (secondary N) is 1. The Balaban J connectivity index is 3.33. The maximum atomic E-state index is 13.7. The third-order valence-corrected chi connectivity index (χ3v) is 3.86. The first-order valence-corrected chi connectivity index (χ1v) is 7.60. The molecular formula is C15H11F13N2O. The summed E-state index contributed by atoms with van der Waals surface area (Å²) in [7, 11) is 3.00. The first-order chi connectivity index (χ1) is 13.6. The molecule has 1 N–H and O–H groups in total. The molecule has 31 heavy (non-hydrogen) atoms. The van der Waals surface area contributed by atoms with Gasteiger partial charge in [0.25, 0.3) is 0 Å². The molecule has 0 unspecified atom stereocenters. The van der Waals surface area contributed by atoms with E-state index in [4.69, 9.17) is 0 Å². The molecule has 0 bridgehead atoms. The molecule has 0 aliphatic rings. The highest BCUT2D eigenvalue weighted by atomic mass is 19.4. The number of rotatable bonds is 7. The predicted octanol–water partition coefficient (Wildman–Crippen LogP) is 5.43. The summed E-state index contributed by atoms with van der Waals surface area (Å²) in [5.74, 6) is -41.8. The molecule has 16 heteroatoms. The average molecular weight is 482 g/mol. The third kappa shape index (κ3) is 4.07. The Bertz CT molecular complexity index is 800. The predicted molar refractivity (Wildman–Crippen MR) is 80.2 cm³/mol. The normalized spacial score (nSPS) is 14.4. The van der Waals surface area contributed by atoms with Gasteiger partial charge >= 0.3 is 41.7 Å². The Labute approximate surface area is 164 Å². The number of alkyl halides is 13. The molecule has 0 heterocycles. The van der Waals surface area contributed by atoms with E-state index in [0.717, 1.165) is 29.6 Å². The smallest absolute Gasteiger partial charge is 0.378 e. The summed E-state index contributed by atoms with van der Waals surface area (Å²) in [6.07, 6.45) is -7.51. The van der Waals surface area contributed by atoms with Crippen LogP contribution in [0.15, 0.2) is 24.3 Å². The van der Waals surface area contributed by atoms with Crippen LogP contribution in [0, 0.1) is 0 Å². The van der Waals surface area contributed by atoms with Gasteiger partial charge in [-0.05, 0) is 24.3 Å². The van der Waals surface area contributed by atoms with Crippen LogP contribution in [0.25, 0.3) is 0 Å². The molecule has 0 fully saturated rings. The van der Waals surface area contributed by atoms with Gasteiger partial charge in [0, 0.05) is 25.5 Å². The minimum Gasteiger partial charge on any atom is -0.378 e. The zero-order valence-corrected chi connectivity index (χ0v) is 15.1. The van der Waals surface area contributed by atoms with Crippen molar-refractivity contribution in [2.75, 3.05) is 24.3 Å². The second-order valence-electron chi connectivity index (χ2n) is 6.27. The van der Waals surface area contributed by atoms with Crippen LogP contribution in [0.5, 0.6) is 0 Å². The summed E-state index contributed by atoms with van der Waals surface area (Å²) in [5, 5.41) is 0.972.